The number of para-hydroxylation sites is 1. The van der Waals surface area contributed by atoms with Gasteiger partial charge in [-0.2, -0.15) is 0 Å². The number of nitrogens with one attached hydrogen (secondary N) is 2. The molecule has 2 aliphatic rings. The molecule has 4 rings (SSSR count). The maximum Gasteiger partial charge on any atom is 0.255 e. The minimum Gasteiger partial charge on any atom is -0.497 e. The molecule has 0 atom stereocenters. The van der Waals surface area contributed by atoms with Gasteiger partial charge >= 0.3 is 0 Å². The van der Waals surface area contributed by atoms with Gasteiger partial charge in [0.25, 0.3) is 11.8 Å². The molecular formula is C23H28ClN3O3. The summed E-state index contributed by atoms with van der Waals surface area (Å²) in [6, 6.07) is 14.1. The molecule has 2 amide bonds. The Morgan fingerprint density at radius 1 is 1.03 bits per heavy atom. The van der Waals surface area contributed by atoms with E-state index in [1.807, 2.05) is 17.0 Å². The third-order valence-corrected chi connectivity index (χ3v) is 6.20. The lowest BCUT2D eigenvalue weighted by atomic mass is 9.78. The number of ether oxygens (including phenoxy) is 1. The molecule has 0 aromatic heterocycles. The van der Waals surface area contributed by atoms with Crippen molar-refractivity contribution in [2.24, 2.45) is 5.41 Å². The molecule has 160 valence electrons. The molecule has 0 aliphatic carbocycles. The van der Waals surface area contributed by atoms with Crippen LogP contribution in [0.4, 0.5) is 5.69 Å². The van der Waals surface area contributed by atoms with E-state index in [0.717, 1.165) is 39.0 Å². The smallest absolute Gasteiger partial charge is 0.255 e. The molecule has 7 heteroatoms. The molecule has 0 saturated carbocycles. The Morgan fingerprint density at radius 3 is 2.37 bits per heavy atom. The highest BCUT2D eigenvalue weighted by atomic mass is 35.5. The lowest BCUT2D eigenvalue weighted by Crippen LogP contribution is -2.44. The van der Waals surface area contributed by atoms with Crippen LogP contribution in [0.5, 0.6) is 5.75 Å². The zero-order chi connectivity index (χ0) is 20.3. The quantitative estimate of drug-likeness (QED) is 0.779. The highest BCUT2D eigenvalue weighted by molar-refractivity contribution is 6.09. The fraction of sp³-hybridized carbons (Fsp3) is 0.391. The normalized spacial score (nSPS) is 17.3. The molecule has 0 unspecified atom stereocenters. The minimum atomic E-state index is -0.248. The number of rotatable bonds is 4. The van der Waals surface area contributed by atoms with Crippen molar-refractivity contribution >= 4 is 29.9 Å². The number of halogens is 1. The average molecular weight is 430 g/mol. The van der Waals surface area contributed by atoms with Crippen LogP contribution in [0.1, 0.15) is 40.0 Å². The van der Waals surface area contributed by atoms with E-state index in [-0.39, 0.29) is 24.2 Å². The third-order valence-electron chi connectivity index (χ3n) is 6.20. The number of hydrogen-bond acceptors (Lipinski definition) is 4. The van der Waals surface area contributed by atoms with Crippen molar-refractivity contribution in [2.75, 3.05) is 38.6 Å². The number of likely N-dealkylation sites (tertiary alicyclic amines) is 1. The SMILES string of the molecule is COc1ccc(C(=O)Nc2ccccc2C(=O)N2CCC3(CCNC3)CC2)cc1.Cl. The molecule has 2 aromatic carbocycles. The van der Waals surface area contributed by atoms with Gasteiger partial charge in [0.05, 0.1) is 18.4 Å². The van der Waals surface area contributed by atoms with Crippen molar-refractivity contribution in [1.82, 2.24) is 10.2 Å². The second-order valence-corrected chi connectivity index (χ2v) is 7.95. The first-order valence-electron chi connectivity index (χ1n) is 10.1. The van der Waals surface area contributed by atoms with Crippen molar-refractivity contribution in [2.45, 2.75) is 19.3 Å². The van der Waals surface area contributed by atoms with E-state index in [0.29, 0.717) is 28.0 Å². The number of methoxy groups -OCH3 is 1. The maximum absolute atomic E-state index is 13.2. The van der Waals surface area contributed by atoms with Crippen LogP contribution in [0.3, 0.4) is 0 Å². The van der Waals surface area contributed by atoms with Crippen LogP contribution in [-0.2, 0) is 0 Å². The summed E-state index contributed by atoms with van der Waals surface area (Å²) in [5.74, 6) is 0.427. The molecule has 2 fully saturated rings. The summed E-state index contributed by atoms with van der Waals surface area (Å²) in [4.78, 5) is 27.7. The van der Waals surface area contributed by atoms with Crippen LogP contribution in [0.2, 0.25) is 0 Å². The largest absolute Gasteiger partial charge is 0.497 e. The molecule has 1 spiro atoms. The topological polar surface area (TPSA) is 70.7 Å². The van der Waals surface area contributed by atoms with E-state index in [1.54, 1.807) is 43.5 Å². The van der Waals surface area contributed by atoms with Crippen molar-refractivity contribution in [1.29, 1.82) is 0 Å². The van der Waals surface area contributed by atoms with Crippen molar-refractivity contribution in [3.63, 3.8) is 0 Å². The second kappa shape index (κ2) is 9.49. The lowest BCUT2D eigenvalue weighted by Gasteiger charge is -2.39. The van der Waals surface area contributed by atoms with Gasteiger partial charge in [-0.3, -0.25) is 9.59 Å². The molecule has 2 heterocycles. The van der Waals surface area contributed by atoms with E-state index < -0.39 is 0 Å². The maximum atomic E-state index is 13.2. The van der Waals surface area contributed by atoms with Gasteiger partial charge in [0.1, 0.15) is 5.75 Å². The number of anilines is 1. The average Bonchev–Trinajstić information content (AvgIpc) is 3.22. The minimum absolute atomic E-state index is 0. The molecule has 2 N–H and O–H groups in total. The molecule has 6 nitrogen and oxygen atoms in total. The fourth-order valence-electron chi connectivity index (χ4n) is 4.29. The third kappa shape index (κ3) is 4.60. The van der Waals surface area contributed by atoms with E-state index in [1.165, 1.54) is 6.42 Å². The molecule has 0 radical (unpaired) electrons. The van der Waals surface area contributed by atoms with Gasteiger partial charge in [0.2, 0.25) is 0 Å². The standard InChI is InChI=1S/C23H27N3O3.ClH/c1-29-18-8-6-17(7-9-18)21(27)25-20-5-3-2-4-19(20)22(28)26-14-11-23(12-15-26)10-13-24-16-23;/h2-9,24H,10-16H2,1H3,(H,25,27);1H. The summed E-state index contributed by atoms with van der Waals surface area (Å²) >= 11 is 0. The second-order valence-electron chi connectivity index (χ2n) is 7.95. The summed E-state index contributed by atoms with van der Waals surface area (Å²) in [6.45, 7) is 3.67. The number of piperidine rings is 1. The molecule has 30 heavy (non-hydrogen) atoms. The predicted octanol–water partition coefficient (Wildman–Crippen LogP) is 3.59. The number of carbonyl (C=O) groups excluding carboxylic acids is 2. The Bertz CT molecular complexity index is 885. The first-order chi connectivity index (χ1) is 14.1. The van der Waals surface area contributed by atoms with Gasteiger partial charge in [-0.25, -0.2) is 0 Å². The van der Waals surface area contributed by atoms with Gasteiger partial charge in [-0.05, 0) is 67.6 Å². The van der Waals surface area contributed by atoms with Crippen molar-refractivity contribution < 1.29 is 14.3 Å². The van der Waals surface area contributed by atoms with Gasteiger partial charge < -0.3 is 20.3 Å². The monoisotopic (exact) mass is 429 g/mol. The first-order valence-corrected chi connectivity index (χ1v) is 10.1. The van der Waals surface area contributed by atoms with Gasteiger partial charge in [0, 0.05) is 25.2 Å². The van der Waals surface area contributed by atoms with Crippen LogP contribution < -0.4 is 15.4 Å². The summed E-state index contributed by atoms with van der Waals surface area (Å²) in [5.41, 5.74) is 1.96. The van der Waals surface area contributed by atoms with Crippen molar-refractivity contribution in [3.8, 4) is 5.75 Å². The molecule has 2 saturated heterocycles. The summed E-state index contributed by atoms with van der Waals surface area (Å²) in [5, 5.41) is 6.35. The van der Waals surface area contributed by atoms with E-state index in [9.17, 15) is 9.59 Å². The Morgan fingerprint density at radius 2 is 1.73 bits per heavy atom. The highest BCUT2D eigenvalue weighted by Crippen LogP contribution is 2.37. The van der Waals surface area contributed by atoms with Crippen LogP contribution >= 0.6 is 12.4 Å². The number of benzene rings is 2. The van der Waals surface area contributed by atoms with Gasteiger partial charge in [-0.15, -0.1) is 12.4 Å². The number of hydrogen-bond donors (Lipinski definition) is 2. The van der Waals surface area contributed by atoms with Crippen LogP contribution in [0.25, 0.3) is 0 Å². The van der Waals surface area contributed by atoms with E-state index in [2.05, 4.69) is 10.6 Å². The van der Waals surface area contributed by atoms with Crippen LogP contribution in [0, 0.1) is 5.41 Å². The Balaban J connectivity index is 0.00000256. The Kier molecular flexibility index (Phi) is 7.00. The number of carbonyl (C=O) groups is 2. The van der Waals surface area contributed by atoms with Gasteiger partial charge in [0.15, 0.2) is 0 Å². The van der Waals surface area contributed by atoms with E-state index >= 15 is 0 Å². The van der Waals surface area contributed by atoms with Crippen LogP contribution in [-0.4, -0.2) is 50.0 Å². The predicted molar refractivity (Wildman–Crippen MR) is 120 cm³/mol. The summed E-state index contributed by atoms with van der Waals surface area (Å²) < 4.78 is 5.13. The summed E-state index contributed by atoms with van der Waals surface area (Å²) in [6.07, 6.45) is 3.27. The Hall–Kier alpha value is -2.57. The Labute approximate surface area is 183 Å². The first kappa shape index (κ1) is 22.1. The number of nitrogens with zero attached hydrogens (tertiary/aromatic N) is 1. The number of amides is 2. The molecule has 0 bridgehead atoms. The molecule has 2 aromatic rings. The van der Waals surface area contributed by atoms with Crippen LogP contribution in [0.15, 0.2) is 48.5 Å². The van der Waals surface area contributed by atoms with E-state index in [4.69, 9.17) is 4.74 Å². The zero-order valence-electron chi connectivity index (χ0n) is 17.1. The fourth-order valence-corrected chi connectivity index (χ4v) is 4.29. The zero-order valence-corrected chi connectivity index (χ0v) is 18.0. The highest BCUT2D eigenvalue weighted by Gasteiger charge is 2.38. The molecular weight excluding hydrogens is 402 g/mol. The lowest BCUT2D eigenvalue weighted by molar-refractivity contribution is 0.0608. The van der Waals surface area contributed by atoms with Crippen molar-refractivity contribution in [3.05, 3.63) is 59.7 Å². The summed E-state index contributed by atoms with van der Waals surface area (Å²) in [7, 11) is 1.59. The molecule has 2 aliphatic heterocycles. The van der Waals surface area contributed by atoms with Gasteiger partial charge in [-0.1, -0.05) is 12.1 Å².